The van der Waals surface area contributed by atoms with E-state index in [1.165, 1.54) is 12.1 Å². The van der Waals surface area contributed by atoms with E-state index in [1.807, 2.05) is 0 Å². The van der Waals surface area contributed by atoms with E-state index in [2.05, 4.69) is 9.97 Å². The molecule has 0 spiro atoms. The number of aromatic nitrogens is 2. The fourth-order valence-corrected chi connectivity index (χ4v) is 1.98. The maximum absolute atomic E-state index is 13.2. The van der Waals surface area contributed by atoms with E-state index in [0.717, 1.165) is 18.2 Å². The summed E-state index contributed by atoms with van der Waals surface area (Å²) in [4.78, 5) is 18.3. The molecule has 1 heterocycles. The minimum absolute atomic E-state index is 0.0379. The molecule has 0 saturated heterocycles. The SMILES string of the molecule is O=c1[nH]c2cc(F)c(F)cc2nc1-c1ccc(O)cc1O. The zero-order valence-electron chi connectivity index (χ0n) is 10.4. The Bertz CT molecular complexity index is 922. The van der Waals surface area contributed by atoms with E-state index in [4.69, 9.17) is 0 Å². The lowest BCUT2D eigenvalue weighted by molar-refractivity contribution is 0.451. The number of benzene rings is 2. The predicted molar refractivity (Wildman–Crippen MR) is 71.0 cm³/mol. The van der Waals surface area contributed by atoms with Crippen LogP contribution in [0.2, 0.25) is 0 Å². The van der Waals surface area contributed by atoms with Crippen molar-refractivity contribution in [3.63, 3.8) is 0 Å². The number of phenolic OH excluding ortho intramolecular Hbond substituents is 2. The van der Waals surface area contributed by atoms with Crippen molar-refractivity contribution < 1.29 is 19.0 Å². The van der Waals surface area contributed by atoms with Gasteiger partial charge in [0, 0.05) is 23.8 Å². The fraction of sp³-hybridized carbons (Fsp3) is 0. The largest absolute Gasteiger partial charge is 0.508 e. The van der Waals surface area contributed by atoms with Gasteiger partial charge in [-0.2, -0.15) is 0 Å². The van der Waals surface area contributed by atoms with Gasteiger partial charge in [0.25, 0.3) is 5.56 Å². The van der Waals surface area contributed by atoms with Crippen molar-refractivity contribution in [1.82, 2.24) is 9.97 Å². The molecule has 0 bridgehead atoms. The lowest BCUT2D eigenvalue weighted by Crippen LogP contribution is -2.12. The first-order valence-corrected chi connectivity index (χ1v) is 5.87. The van der Waals surface area contributed by atoms with Crippen molar-refractivity contribution in [2.45, 2.75) is 0 Å². The predicted octanol–water partition coefficient (Wildman–Crippen LogP) is 2.28. The molecule has 0 aliphatic carbocycles. The van der Waals surface area contributed by atoms with Gasteiger partial charge < -0.3 is 15.2 Å². The summed E-state index contributed by atoms with van der Waals surface area (Å²) in [6.07, 6.45) is 0. The van der Waals surface area contributed by atoms with Crippen molar-refractivity contribution >= 4 is 11.0 Å². The van der Waals surface area contributed by atoms with Gasteiger partial charge in [-0.15, -0.1) is 0 Å². The summed E-state index contributed by atoms with van der Waals surface area (Å²) in [5.41, 5.74) is -0.682. The van der Waals surface area contributed by atoms with Gasteiger partial charge >= 0.3 is 0 Å². The molecule has 106 valence electrons. The Morgan fingerprint density at radius 2 is 1.76 bits per heavy atom. The molecule has 21 heavy (non-hydrogen) atoms. The summed E-state index contributed by atoms with van der Waals surface area (Å²) in [6, 6.07) is 5.30. The van der Waals surface area contributed by atoms with Gasteiger partial charge in [-0.1, -0.05) is 0 Å². The summed E-state index contributed by atoms with van der Waals surface area (Å²) in [7, 11) is 0. The van der Waals surface area contributed by atoms with Crippen molar-refractivity contribution in [1.29, 1.82) is 0 Å². The number of fused-ring (bicyclic) bond motifs is 1. The number of nitrogens with one attached hydrogen (secondary N) is 1. The number of phenols is 2. The second-order valence-corrected chi connectivity index (χ2v) is 4.40. The molecule has 0 unspecified atom stereocenters. The lowest BCUT2D eigenvalue weighted by Gasteiger charge is -2.06. The van der Waals surface area contributed by atoms with Crippen LogP contribution in [0.1, 0.15) is 0 Å². The van der Waals surface area contributed by atoms with Gasteiger partial charge in [-0.05, 0) is 12.1 Å². The number of halogens is 2. The third-order valence-corrected chi connectivity index (χ3v) is 2.97. The van der Waals surface area contributed by atoms with Gasteiger partial charge in [0.15, 0.2) is 11.6 Å². The number of aromatic amines is 1. The molecule has 0 amide bonds. The maximum Gasteiger partial charge on any atom is 0.275 e. The van der Waals surface area contributed by atoms with Gasteiger partial charge in [-0.25, -0.2) is 13.8 Å². The molecule has 0 aliphatic rings. The number of hydrogen-bond donors (Lipinski definition) is 3. The second kappa shape index (κ2) is 4.55. The van der Waals surface area contributed by atoms with Crippen LogP contribution in [0.15, 0.2) is 35.1 Å². The molecule has 1 aromatic heterocycles. The molecule has 3 rings (SSSR count). The average molecular weight is 290 g/mol. The van der Waals surface area contributed by atoms with Crippen LogP contribution in [0.3, 0.4) is 0 Å². The molecule has 0 radical (unpaired) electrons. The summed E-state index contributed by atoms with van der Waals surface area (Å²) in [6.45, 7) is 0. The summed E-state index contributed by atoms with van der Waals surface area (Å²) < 4.78 is 26.3. The van der Waals surface area contributed by atoms with E-state index in [-0.39, 0.29) is 33.8 Å². The second-order valence-electron chi connectivity index (χ2n) is 4.40. The van der Waals surface area contributed by atoms with Crippen LogP contribution in [0.25, 0.3) is 22.3 Å². The first kappa shape index (κ1) is 13.0. The molecule has 5 nitrogen and oxygen atoms in total. The van der Waals surface area contributed by atoms with Crippen molar-refractivity contribution in [3.05, 3.63) is 52.3 Å². The molecule has 0 aliphatic heterocycles. The minimum Gasteiger partial charge on any atom is -0.508 e. The standard InChI is InChI=1S/C14H8F2N2O3/c15-8-4-10-11(5-9(8)16)18-14(21)13(17-10)7-2-1-6(19)3-12(7)20/h1-5,19-20H,(H,18,21). The van der Waals surface area contributed by atoms with Crippen LogP contribution in [-0.4, -0.2) is 20.2 Å². The van der Waals surface area contributed by atoms with Crippen LogP contribution in [0.5, 0.6) is 11.5 Å². The Balaban J connectivity index is 2.30. The zero-order valence-corrected chi connectivity index (χ0v) is 10.4. The molecular weight excluding hydrogens is 282 g/mol. The van der Waals surface area contributed by atoms with Crippen molar-refractivity contribution in [2.24, 2.45) is 0 Å². The molecule has 3 aromatic rings. The quantitative estimate of drug-likeness (QED) is 0.641. The maximum atomic E-state index is 13.2. The highest BCUT2D eigenvalue weighted by molar-refractivity contribution is 5.78. The van der Waals surface area contributed by atoms with Gasteiger partial charge in [0.1, 0.15) is 17.2 Å². The molecule has 0 fully saturated rings. The average Bonchev–Trinajstić information content (AvgIpc) is 2.41. The number of nitrogens with zero attached hydrogens (tertiary/aromatic N) is 1. The van der Waals surface area contributed by atoms with Crippen LogP contribution in [-0.2, 0) is 0 Å². The molecule has 7 heteroatoms. The Kier molecular flexibility index (Phi) is 2.83. The third-order valence-electron chi connectivity index (χ3n) is 2.97. The minimum atomic E-state index is -1.10. The van der Waals surface area contributed by atoms with Crippen LogP contribution in [0.4, 0.5) is 8.78 Å². The Morgan fingerprint density at radius 3 is 2.48 bits per heavy atom. The molecule has 2 aromatic carbocycles. The van der Waals surface area contributed by atoms with Crippen LogP contribution >= 0.6 is 0 Å². The first-order valence-electron chi connectivity index (χ1n) is 5.87. The fourth-order valence-electron chi connectivity index (χ4n) is 1.98. The van der Waals surface area contributed by atoms with Gasteiger partial charge in [-0.3, -0.25) is 4.79 Å². The molecule has 0 saturated carbocycles. The topological polar surface area (TPSA) is 86.2 Å². The summed E-state index contributed by atoms with van der Waals surface area (Å²) in [5, 5.41) is 19.0. The van der Waals surface area contributed by atoms with Gasteiger partial charge in [0.05, 0.1) is 11.0 Å². The normalized spacial score (nSPS) is 11.0. The zero-order chi connectivity index (χ0) is 15.1. The number of rotatable bonds is 1. The highest BCUT2D eigenvalue weighted by Crippen LogP contribution is 2.29. The van der Waals surface area contributed by atoms with Crippen molar-refractivity contribution in [2.75, 3.05) is 0 Å². The Labute approximate surface area is 116 Å². The Morgan fingerprint density at radius 1 is 1.05 bits per heavy atom. The molecular formula is C14H8F2N2O3. The van der Waals surface area contributed by atoms with Crippen LogP contribution in [0, 0.1) is 11.6 Å². The highest BCUT2D eigenvalue weighted by Gasteiger charge is 2.14. The monoisotopic (exact) mass is 290 g/mol. The summed E-state index contributed by atoms with van der Waals surface area (Å²) in [5.74, 6) is -2.72. The molecule has 3 N–H and O–H groups in total. The smallest absolute Gasteiger partial charge is 0.275 e. The van der Waals surface area contributed by atoms with Gasteiger partial charge in [0.2, 0.25) is 0 Å². The number of hydrogen-bond acceptors (Lipinski definition) is 4. The van der Waals surface area contributed by atoms with E-state index >= 15 is 0 Å². The van der Waals surface area contributed by atoms with E-state index < -0.39 is 17.2 Å². The first-order chi connectivity index (χ1) is 9.95. The third kappa shape index (κ3) is 2.18. The summed E-state index contributed by atoms with van der Waals surface area (Å²) >= 11 is 0. The van der Waals surface area contributed by atoms with Crippen LogP contribution < -0.4 is 5.56 Å². The number of aromatic hydroxyl groups is 2. The van der Waals surface area contributed by atoms with E-state index in [9.17, 15) is 23.8 Å². The molecule has 0 atom stereocenters. The Hall–Kier alpha value is -2.96. The van der Waals surface area contributed by atoms with E-state index in [0.29, 0.717) is 0 Å². The lowest BCUT2D eigenvalue weighted by atomic mass is 10.1. The number of H-pyrrole nitrogens is 1. The highest BCUT2D eigenvalue weighted by atomic mass is 19.2. The van der Waals surface area contributed by atoms with E-state index in [1.54, 1.807) is 0 Å². The van der Waals surface area contributed by atoms with Crippen molar-refractivity contribution in [3.8, 4) is 22.8 Å².